The van der Waals surface area contributed by atoms with Gasteiger partial charge in [-0.1, -0.05) is 11.6 Å². The lowest BCUT2D eigenvalue weighted by Crippen LogP contribution is -2.21. The summed E-state index contributed by atoms with van der Waals surface area (Å²) in [6, 6.07) is 7.10. The standard InChI is InChI=1S/C16H12BrClN2O6/c17-10-6-14-15(25-4-3-24-14)7-12(10)19-16(21)8-26-13-2-1-9(20(22)23)5-11(13)18/h1-2,5-7H,3-4,8H2,(H,19,21). The molecule has 3 rings (SSSR count). The van der Waals surface area contributed by atoms with Gasteiger partial charge in [0.15, 0.2) is 18.1 Å². The van der Waals surface area contributed by atoms with Gasteiger partial charge in [0.2, 0.25) is 0 Å². The van der Waals surface area contributed by atoms with Crippen molar-refractivity contribution in [1.29, 1.82) is 0 Å². The van der Waals surface area contributed by atoms with Gasteiger partial charge in [0.1, 0.15) is 19.0 Å². The molecule has 0 saturated carbocycles. The molecule has 0 aliphatic carbocycles. The highest BCUT2D eigenvalue weighted by atomic mass is 79.9. The molecule has 26 heavy (non-hydrogen) atoms. The summed E-state index contributed by atoms with van der Waals surface area (Å²) < 4.78 is 16.9. The molecule has 2 aromatic carbocycles. The van der Waals surface area contributed by atoms with Crippen LogP contribution in [0.15, 0.2) is 34.8 Å². The molecule has 10 heteroatoms. The largest absolute Gasteiger partial charge is 0.486 e. The highest BCUT2D eigenvalue weighted by Crippen LogP contribution is 2.38. The van der Waals surface area contributed by atoms with Crippen molar-refractivity contribution >= 4 is 44.8 Å². The van der Waals surface area contributed by atoms with Crippen LogP contribution in [0.5, 0.6) is 17.2 Å². The first-order valence-corrected chi connectivity index (χ1v) is 8.57. The number of benzene rings is 2. The molecule has 1 aliphatic heterocycles. The number of rotatable bonds is 5. The number of non-ortho nitro benzene ring substituents is 1. The number of fused-ring (bicyclic) bond motifs is 1. The van der Waals surface area contributed by atoms with E-state index in [0.717, 1.165) is 6.07 Å². The van der Waals surface area contributed by atoms with Crippen molar-refractivity contribution in [2.75, 3.05) is 25.1 Å². The van der Waals surface area contributed by atoms with E-state index in [-0.39, 0.29) is 23.1 Å². The Morgan fingerprint density at radius 2 is 1.96 bits per heavy atom. The maximum atomic E-state index is 12.1. The average Bonchev–Trinajstić information content (AvgIpc) is 2.61. The van der Waals surface area contributed by atoms with Gasteiger partial charge in [0.05, 0.1) is 15.6 Å². The van der Waals surface area contributed by atoms with Crippen LogP contribution in [0.3, 0.4) is 0 Å². The molecule has 0 radical (unpaired) electrons. The van der Waals surface area contributed by atoms with E-state index in [4.69, 9.17) is 25.8 Å². The predicted octanol–water partition coefficient (Wildman–Crippen LogP) is 3.80. The van der Waals surface area contributed by atoms with E-state index in [1.807, 2.05) is 0 Å². The molecule has 8 nitrogen and oxygen atoms in total. The number of halogens is 2. The average molecular weight is 444 g/mol. The zero-order chi connectivity index (χ0) is 18.7. The Morgan fingerprint density at radius 1 is 1.27 bits per heavy atom. The second kappa shape index (κ2) is 7.79. The van der Waals surface area contributed by atoms with Crippen molar-refractivity contribution in [3.05, 3.63) is 49.9 Å². The van der Waals surface area contributed by atoms with Crippen molar-refractivity contribution in [1.82, 2.24) is 0 Å². The van der Waals surface area contributed by atoms with Gasteiger partial charge in [-0.3, -0.25) is 14.9 Å². The smallest absolute Gasteiger partial charge is 0.271 e. The fourth-order valence-corrected chi connectivity index (χ4v) is 2.86. The summed E-state index contributed by atoms with van der Waals surface area (Å²) in [5.74, 6) is 0.870. The first kappa shape index (κ1) is 18.3. The van der Waals surface area contributed by atoms with Gasteiger partial charge in [0, 0.05) is 28.7 Å². The van der Waals surface area contributed by atoms with Gasteiger partial charge in [-0.2, -0.15) is 0 Å². The number of hydrogen-bond acceptors (Lipinski definition) is 6. The minimum Gasteiger partial charge on any atom is -0.486 e. The van der Waals surface area contributed by atoms with Crippen molar-refractivity contribution in [3.8, 4) is 17.2 Å². The number of nitrogens with zero attached hydrogens (tertiary/aromatic N) is 1. The number of anilines is 1. The second-order valence-corrected chi connectivity index (χ2v) is 6.45. The number of hydrogen-bond donors (Lipinski definition) is 1. The Labute approximate surface area is 161 Å². The van der Waals surface area contributed by atoms with Gasteiger partial charge in [-0.25, -0.2) is 0 Å². The fraction of sp³-hybridized carbons (Fsp3) is 0.188. The van der Waals surface area contributed by atoms with Crippen LogP contribution in [0.25, 0.3) is 0 Å². The van der Waals surface area contributed by atoms with Crippen LogP contribution in [-0.2, 0) is 4.79 Å². The lowest BCUT2D eigenvalue weighted by atomic mass is 10.2. The Bertz CT molecular complexity index is 876. The topological polar surface area (TPSA) is 99.9 Å². The molecule has 0 fully saturated rings. The van der Waals surface area contributed by atoms with E-state index in [0.29, 0.717) is 34.9 Å². The van der Waals surface area contributed by atoms with Gasteiger partial charge in [-0.15, -0.1) is 0 Å². The number of nitro groups is 1. The van der Waals surface area contributed by atoms with E-state index >= 15 is 0 Å². The van der Waals surface area contributed by atoms with Crippen molar-refractivity contribution in [2.24, 2.45) is 0 Å². The van der Waals surface area contributed by atoms with Crippen LogP contribution in [0.1, 0.15) is 0 Å². The molecule has 2 aromatic rings. The van der Waals surface area contributed by atoms with Crippen LogP contribution < -0.4 is 19.5 Å². The molecule has 0 saturated heterocycles. The van der Waals surface area contributed by atoms with Crippen LogP contribution >= 0.6 is 27.5 Å². The molecule has 0 unspecified atom stereocenters. The summed E-state index contributed by atoms with van der Waals surface area (Å²) in [5.41, 5.74) is 0.338. The monoisotopic (exact) mass is 442 g/mol. The normalized spacial score (nSPS) is 12.4. The molecule has 136 valence electrons. The highest BCUT2D eigenvalue weighted by Gasteiger charge is 2.17. The zero-order valence-electron chi connectivity index (χ0n) is 13.2. The summed E-state index contributed by atoms with van der Waals surface area (Å²) in [7, 11) is 0. The summed E-state index contributed by atoms with van der Waals surface area (Å²) in [6.07, 6.45) is 0. The lowest BCUT2D eigenvalue weighted by molar-refractivity contribution is -0.384. The molecule has 0 bridgehead atoms. The molecule has 0 spiro atoms. The number of carbonyl (C=O) groups is 1. The maximum Gasteiger partial charge on any atom is 0.271 e. The minimum absolute atomic E-state index is 0.0486. The molecule has 1 heterocycles. The van der Waals surface area contributed by atoms with E-state index in [2.05, 4.69) is 21.2 Å². The highest BCUT2D eigenvalue weighted by molar-refractivity contribution is 9.10. The van der Waals surface area contributed by atoms with E-state index in [1.165, 1.54) is 12.1 Å². The van der Waals surface area contributed by atoms with E-state index < -0.39 is 10.8 Å². The van der Waals surface area contributed by atoms with Crippen LogP contribution in [-0.4, -0.2) is 30.7 Å². The number of nitrogens with one attached hydrogen (secondary N) is 1. The third-order valence-corrected chi connectivity index (χ3v) is 4.34. The van der Waals surface area contributed by atoms with Gasteiger partial charge < -0.3 is 19.5 Å². The minimum atomic E-state index is -0.568. The van der Waals surface area contributed by atoms with Crippen molar-refractivity contribution in [2.45, 2.75) is 0 Å². The quantitative estimate of drug-likeness (QED) is 0.557. The summed E-state index contributed by atoms with van der Waals surface area (Å²) in [6.45, 7) is 0.581. The molecule has 1 aliphatic rings. The maximum absolute atomic E-state index is 12.1. The first-order chi connectivity index (χ1) is 12.4. The van der Waals surface area contributed by atoms with Gasteiger partial charge in [0.25, 0.3) is 11.6 Å². The summed E-state index contributed by atoms with van der Waals surface area (Å²) >= 11 is 9.28. The van der Waals surface area contributed by atoms with Crippen LogP contribution in [0.2, 0.25) is 5.02 Å². The Kier molecular flexibility index (Phi) is 5.48. The molecule has 0 atom stereocenters. The van der Waals surface area contributed by atoms with Crippen molar-refractivity contribution in [3.63, 3.8) is 0 Å². The van der Waals surface area contributed by atoms with Crippen LogP contribution in [0, 0.1) is 10.1 Å². The molecular formula is C16H12BrClN2O6. The number of carbonyl (C=O) groups excluding carboxylic acids is 1. The van der Waals surface area contributed by atoms with E-state index in [1.54, 1.807) is 12.1 Å². The first-order valence-electron chi connectivity index (χ1n) is 7.40. The zero-order valence-corrected chi connectivity index (χ0v) is 15.5. The third kappa shape index (κ3) is 4.17. The fourth-order valence-electron chi connectivity index (χ4n) is 2.21. The van der Waals surface area contributed by atoms with Crippen LogP contribution in [0.4, 0.5) is 11.4 Å². The molecule has 0 aromatic heterocycles. The molecule has 1 N–H and O–H groups in total. The van der Waals surface area contributed by atoms with Gasteiger partial charge in [-0.05, 0) is 22.0 Å². The van der Waals surface area contributed by atoms with Gasteiger partial charge >= 0.3 is 0 Å². The Morgan fingerprint density at radius 3 is 2.62 bits per heavy atom. The Balaban J connectivity index is 1.64. The Hall–Kier alpha value is -2.52. The molecular weight excluding hydrogens is 432 g/mol. The second-order valence-electron chi connectivity index (χ2n) is 5.18. The number of ether oxygens (including phenoxy) is 3. The number of nitro benzene ring substituents is 1. The summed E-state index contributed by atoms with van der Waals surface area (Å²) in [4.78, 5) is 22.2. The lowest BCUT2D eigenvalue weighted by Gasteiger charge is -2.20. The third-order valence-electron chi connectivity index (χ3n) is 3.39. The van der Waals surface area contributed by atoms with E-state index in [9.17, 15) is 14.9 Å². The molecule has 1 amide bonds. The number of amides is 1. The predicted molar refractivity (Wildman–Crippen MR) is 97.4 cm³/mol. The summed E-state index contributed by atoms with van der Waals surface area (Å²) in [5, 5.41) is 13.4. The van der Waals surface area contributed by atoms with Crippen molar-refractivity contribution < 1.29 is 23.9 Å². The SMILES string of the molecule is O=C(COc1ccc([N+](=O)[O-])cc1Cl)Nc1cc2c(cc1Br)OCCO2.